The maximum atomic E-state index is 11.2. The van der Waals surface area contributed by atoms with Gasteiger partial charge >= 0.3 is 0 Å². The van der Waals surface area contributed by atoms with Gasteiger partial charge in [-0.1, -0.05) is 30.3 Å². The van der Waals surface area contributed by atoms with Gasteiger partial charge in [0.05, 0.1) is 11.9 Å². The molecule has 0 saturated heterocycles. The van der Waals surface area contributed by atoms with Crippen molar-refractivity contribution in [2.75, 3.05) is 0 Å². The van der Waals surface area contributed by atoms with E-state index in [2.05, 4.69) is 12.1 Å². The summed E-state index contributed by atoms with van der Waals surface area (Å²) in [4.78, 5) is 20.2. The van der Waals surface area contributed by atoms with E-state index < -0.39 is 12.1 Å². The molecule has 0 bridgehead atoms. The summed E-state index contributed by atoms with van der Waals surface area (Å²) in [6.45, 7) is 1.08. The van der Waals surface area contributed by atoms with Crippen LogP contribution in [0.5, 0.6) is 0 Å². The van der Waals surface area contributed by atoms with Gasteiger partial charge in [-0.2, -0.15) is 0 Å². The van der Waals surface area contributed by atoms with E-state index in [1.165, 1.54) is 5.56 Å². The molecule has 0 heterocycles. The van der Waals surface area contributed by atoms with Crippen LogP contribution in [0.15, 0.2) is 42.2 Å². The molecule has 2 atom stereocenters. The monoisotopic (exact) mass is 320 g/mol. The van der Waals surface area contributed by atoms with Gasteiger partial charge in [0.25, 0.3) is 5.97 Å². The molecule has 0 aromatic heterocycles. The standard InChI is InChI=1S/C16H20O3.C2H4O2/c17-13-10-14(16(19)11-13)15(18)9-5-4-8-12-6-2-1-3-7-12;1-2(3)4/h1-3,6-7,9,14,16,18-19H,4-5,8,10-11H2;1H3,(H,3,4)/t14-,16+;/m0./s1. The van der Waals surface area contributed by atoms with Crippen molar-refractivity contribution in [1.29, 1.82) is 0 Å². The third-order valence-electron chi connectivity index (χ3n) is 3.59. The van der Waals surface area contributed by atoms with Gasteiger partial charge in [0.1, 0.15) is 5.78 Å². The molecule has 0 unspecified atom stereocenters. The number of aryl methyl sites for hydroxylation is 1. The Labute approximate surface area is 136 Å². The number of Topliss-reactive ketones (excluding diaryl/α,β-unsaturated/α-hetero) is 1. The summed E-state index contributed by atoms with van der Waals surface area (Å²) in [6, 6.07) is 10.2. The van der Waals surface area contributed by atoms with Crippen LogP contribution in [0, 0.1) is 5.92 Å². The quantitative estimate of drug-likeness (QED) is 0.573. The average Bonchev–Trinajstić information content (AvgIpc) is 2.83. The van der Waals surface area contributed by atoms with Crippen LogP contribution < -0.4 is 0 Å². The maximum Gasteiger partial charge on any atom is 0.300 e. The Balaban J connectivity index is 0.000000593. The first-order valence-electron chi connectivity index (χ1n) is 7.72. The molecule has 1 saturated carbocycles. The van der Waals surface area contributed by atoms with Crippen LogP contribution in [0.25, 0.3) is 0 Å². The minimum Gasteiger partial charge on any atom is -0.512 e. The number of unbranched alkanes of at least 4 members (excludes halogenated alkanes) is 1. The fourth-order valence-corrected chi connectivity index (χ4v) is 2.49. The molecule has 0 radical (unpaired) electrons. The third-order valence-corrected chi connectivity index (χ3v) is 3.59. The first-order chi connectivity index (χ1) is 10.9. The van der Waals surface area contributed by atoms with Gasteiger partial charge in [-0.25, -0.2) is 0 Å². The minimum atomic E-state index is -0.833. The van der Waals surface area contributed by atoms with Crippen LogP contribution in [-0.4, -0.2) is 33.2 Å². The van der Waals surface area contributed by atoms with Crippen molar-refractivity contribution in [1.82, 2.24) is 0 Å². The average molecular weight is 320 g/mol. The van der Waals surface area contributed by atoms with E-state index in [-0.39, 0.29) is 30.3 Å². The smallest absolute Gasteiger partial charge is 0.300 e. The lowest BCUT2D eigenvalue weighted by molar-refractivity contribution is -0.134. The Hall–Kier alpha value is -2.14. The van der Waals surface area contributed by atoms with Crippen molar-refractivity contribution < 1.29 is 24.9 Å². The highest BCUT2D eigenvalue weighted by Gasteiger charge is 2.33. The van der Waals surface area contributed by atoms with Crippen LogP contribution in [0.1, 0.15) is 38.2 Å². The van der Waals surface area contributed by atoms with Crippen molar-refractivity contribution in [3.63, 3.8) is 0 Å². The first kappa shape index (κ1) is 18.9. The van der Waals surface area contributed by atoms with Crippen LogP contribution in [0.2, 0.25) is 0 Å². The summed E-state index contributed by atoms with van der Waals surface area (Å²) < 4.78 is 0. The lowest BCUT2D eigenvalue weighted by Gasteiger charge is -2.12. The Kier molecular flexibility index (Phi) is 8.05. The molecule has 5 nitrogen and oxygen atoms in total. The van der Waals surface area contributed by atoms with Gasteiger partial charge in [-0.15, -0.1) is 0 Å². The molecule has 1 fully saturated rings. The SMILES string of the molecule is CC(=O)O.O=C1C[C@@H](O)[C@H](C(O)=CCCCc2ccccc2)C1. The predicted octanol–water partition coefficient (Wildman–Crippen LogP) is 2.88. The number of carboxylic acids is 1. The number of rotatable bonds is 5. The second kappa shape index (κ2) is 9.79. The number of ketones is 1. The van der Waals surface area contributed by atoms with Crippen molar-refractivity contribution in [3.8, 4) is 0 Å². The van der Waals surface area contributed by atoms with E-state index in [4.69, 9.17) is 9.90 Å². The summed E-state index contributed by atoms with van der Waals surface area (Å²) in [5.41, 5.74) is 1.28. The van der Waals surface area contributed by atoms with Gasteiger partial charge in [-0.05, 0) is 30.9 Å². The number of aliphatic hydroxyl groups excluding tert-OH is 2. The molecule has 1 aliphatic rings. The van der Waals surface area contributed by atoms with Gasteiger partial charge in [0.2, 0.25) is 0 Å². The Morgan fingerprint density at radius 3 is 2.35 bits per heavy atom. The molecule has 0 aliphatic heterocycles. The van der Waals surface area contributed by atoms with E-state index in [1.807, 2.05) is 18.2 Å². The number of allylic oxidation sites excluding steroid dienone is 1. The second-order valence-corrected chi connectivity index (χ2v) is 5.65. The molecule has 1 aromatic rings. The summed E-state index contributed by atoms with van der Waals surface area (Å²) >= 11 is 0. The van der Waals surface area contributed by atoms with E-state index >= 15 is 0 Å². The summed E-state index contributed by atoms with van der Waals surface area (Å²) in [7, 11) is 0. The van der Waals surface area contributed by atoms with E-state index in [9.17, 15) is 15.0 Å². The molecular weight excluding hydrogens is 296 g/mol. The van der Waals surface area contributed by atoms with E-state index in [1.54, 1.807) is 6.08 Å². The molecule has 5 heteroatoms. The first-order valence-corrected chi connectivity index (χ1v) is 7.72. The molecule has 126 valence electrons. The Morgan fingerprint density at radius 1 is 1.22 bits per heavy atom. The van der Waals surface area contributed by atoms with Crippen molar-refractivity contribution in [2.24, 2.45) is 5.92 Å². The minimum absolute atomic E-state index is 0.0294. The second-order valence-electron chi connectivity index (χ2n) is 5.65. The van der Waals surface area contributed by atoms with Crippen molar-refractivity contribution >= 4 is 11.8 Å². The lowest BCUT2D eigenvalue weighted by Crippen LogP contribution is -2.15. The largest absolute Gasteiger partial charge is 0.512 e. The number of carbonyl (C=O) groups excluding carboxylic acids is 1. The fourth-order valence-electron chi connectivity index (χ4n) is 2.49. The molecular formula is C18H24O5. The number of aliphatic carboxylic acids is 1. The number of aliphatic hydroxyl groups is 2. The molecule has 1 aromatic carbocycles. The van der Waals surface area contributed by atoms with Gasteiger partial charge < -0.3 is 15.3 Å². The molecule has 0 amide bonds. The topological polar surface area (TPSA) is 94.8 Å². The zero-order valence-corrected chi connectivity index (χ0v) is 13.3. The molecule has 3 N–H and O–H groups in total. The molecule has 23 heavy (non-hydrogen) atoms. The number of carbonyl (C=O) groups is 2. The highest BCUT2D eigenvalue weighted by molar-refractivity contribution is 5.82. The fraction of sp³-hybridized carbons (Fsp3) is 0.444. The normalized spacial score (nSPS) is 20.8. The molecule has 0 spiro atoms. The third kappa shape index (κ3) is 7.61. The lowest BCUT2D eigenvalue weighted by atomic mass is 10.0. The maximum absolute atomic E-state index is 11.2. The van der Waals surface area contributed by atoms with E-state index in [0.29, 0.717) is 0 Å². The Morgan fingerprint density at radius 2 is 1.83 bits per heavy atom. The highest BCUT2D eigenvalue weighted by Crippen LogP contribution is 2.28. The summed E-state index contributed by atoms with van der Waals surface area (Å²) in [5, 5.41) is 26.9. The Bertz CT molecular complexity index is 532. The number of carboxylic acid groups (broad SMARTS) is 1. The number of hydrogen-bond acceptors (Lipinski definition) is 4. The number of hydrogen-bond donors (Lipinski definition) is 3. The summed E-state index contributed by atoms with van der Waals surface area (Å²) in [5.74, 6) is -1.02. The molecule has 1 aliphatic carbocycles. The van der Waals surface area contributed by atoms with Gasteiger partial charge in [0, 0.05) is 25.7 Å². The highest BCUT2D eigenvalue weighted by atomic mass is 16.4. The summed E-state index contributed by atoms with van der Waals surface area (Å²) in [6.07, 6.45) is 4.15. The van der Waals surface area contributed by atoms with Gasteiger partial charge in [0.15, 0.2) is 0 Å². The van der Waals surface area contributed by atoms with Crippen LogP contribution in [0.3, 0.4) is 0 Å². The predicted molar refractivity (Wildman–Crippen MR) is 87.1 cm³/mol. The number of benzene rings is 1. The van der Waals surface area contributed by atoms with Crippen LogP contribution >= 0.6 is 0 Å². The molecule has 2 rings (SSSR count). The van der Waals surface area contributed by atoms with E-state index in [0.717, 1.165) is 26.2 Å². The zero-order valence-electron chi connectivity index (χ0n) is 13.3. The zero-order chi connectivity index (χ0) is 17.2. The van der Waals surface area contributed by atoms with Crippen molar-refractivity contribution in [3.05, 3.63) is 47.7 Å². The van der Waals surface area contributed by atoms with Gasteiger partial charge in [-0.3, -0.25) is 9.59 Å². The van der Waals surface area contributed by atoms with Crippen molar-refractivity contribution in [2.45, 2.75) is 45.1 Å². The van der Waals surface area contributed by atoms with Crippen LogP contribution in [0.4, 0.5) is 0 Å². The van der Waals surface area contributed by atoms with Crippen LogP contribution in [-0.2, 0) is 16.0 Å².